The summed E-state index contributed by atoms with van der Waals surface area (Å²) in [4.78, 5) is 33.9. The Morgan fingerprint density at radius 3 is 2.58 bits per heavy atom. The highest BCUT2D eigenvalue weighted by Crippen LogP contribution is 2.39. The number of hydrogen-bond donors (Lipinski definition) is 2. The Labute approximate surface area is 198 Å². The van der Waals surface area contributed by atoms with E-state index in [1.54, 1.807) is 18.3 Å². The molecule has 2 N–H and O–H groups in total. The highest BCUT2D eigenvalue weighted by molar-refractivity contribution is 7.17. The van der Waals surface area contributed by atoms with Crippen molar-refractivity contribution in [3.63, 3.8) is 0 Å². The Kier molecular flexibility index (Phi) is 6.13. The molecule has 5 rings (SSSR count). The monoisotopic (exact) mass is 460 g/mol. The average molecular weight is 461 g/mol. The second-order valence-corrected chi connectivity index (χ2v) is 9.87. The maximum absolute atomic E-state index is 13.5. The van der Waals surface area contributed by atoms with Crippen molar-refractivity contribution in [1.82, 2.24) is 4.98 Å². The van der Waals surface area contributed by atoms with Gasteiger partial charge in [0.05, 0.1) is 11.1 Å². The van der Waals surface area contributed by atoms with Crippen LogP contribution in [0.4, 0.5) is 16.4 Å². The zero-order valence-electron chi connectivity index (χ0n) is 18.8. The fraction of sp³-hybridized carbons (Fsp3) is 0.346. The SMILES string of the molecule is Cc1cc(NC(=O)c2c(NC(=O)c3cccnc3)sc3c2CCCC3)ccc1N1CCCC1. The first kappa shape index (κ1) is 21.6. The van der Waals surface area contributed by atoms with Crippen molar-refractivity contribution in [3.05, 3.63) is 69.9 Å². The molecule has 1 aromatic carbocycles. The number of aromatic nitrogens is 1. The van der Waals surface area contributed by atoms with Crippen LogP contribution >= 0.6 is 11.3 Å². The lowest BCUT2D eigenvalue weighted by Crippen LogP contribution is -2.20. The van der Waals surface area contributed by atoms with Crippen LogP contribution < -0.4 is 15.5 Å². The molecule has 1 aliphatic heterocycles. The van der Waals surface area contributed by atoms with E-state index < -0.39 is 0 Å². The van der Waals surface area contributed by atoms with Crippen molar-refractivity contribution in [3.8, 4) is 0 Å². The molecule has 2 aliphatic rings. The van der Waals surface area contributed by atoms with Crippen LogP contribution in [0, 0.1) is 6.92 Å². The number of thiophene rings is 1. The van der Waals surface area contributed by atoms with Gasteiger partial charge in [-0.05, 0) is 86.9 Å². The first-order chi connectivity index (χ1) is 16.1. The predicted octanol–water partition coefficient (Wildman–Crippen LogP) is 5.44. The van der Waals surface area contributed by atoms with Crippen LogP contribution in [0.5, 0.6) is 0 Å². The Bertz CT molecular complexity index is 1180. The summed E-state index contributed by atoms with van der Waals surface area (Å²) in [5, 5.41) is 6.70. The Morgan fingerprint density at radius 1 is 1.00 bits per heavy atom. The fourth-order valence-electron chi connectivity index (χ4n) is 4.81. The van der Waals surface area contributed by atoms with Crippen LogP contribution in [0.15, 0.2) is 42.7 Å². The molecule has 2 aromatic heterocycles. The van der Waals surface area contributed by atoms with Gasteiger partial charge in [0, 0.05) is 41.7 Å². The van der Waals surface area contributed by atoms with E-state index in [2.05, 4.69) is 33.5 Å². The quantitative estimate of drug-likeness (QED) is 0.532. The summed E-state index contributed by atoms with van der Waals surface area (Å²) in [5.41, 5.74) is 5.34. The van der Waals surface area contributed by atoms with Crippen molar-refractivity contribution < 1.29 is 9.59 Å². The van der Waals surface area contributed by atoms with Crippen molar-refractivity contribution >= 4 is 39.5 Å². The number of rotatable bonds is 5. The van der Waals surface area contributed by atoms with Crippen LogP contribution in [0.25, 0.3) is 0 Å². The molecule has 0 saturated carbocycles. The molecule has 0 radical (unpaired) electrons. The summed E-state index contributed by atoms with van der Waals surface area (Å²) in [6, 6.07) is 9.57. The maximum atomic E-state index is 13.5. The second kappa shape index (κ2) is 9.35. The van der Waals surface area contributed by atoms with E-state index in [9.17, 15) is 9.59 Å². The lowest BCUT2D eigenvalue weighted by molar-refractivity contribution is 0.102. The van der Waals surface area contributed by atoms with Crippen LogP contribution in [0.3, 0.4) is 0 Å². The number of carbonyl (C=O) groups excluding carboxylic acids is 2. The Morgan fingerprint density at radius 2 is 1.82 bits per heavy atom. The fourth-order valence-corrected chi connectivity index (χ4v) is 6.09. The van der Waals surface area contributed by atoms with Crippen molar-refractivity contribution in [2.24, 2.45) is 0 Å². The van der Waals surface area contributed by atoms with Gasteiger partial charge in [0.25, 0.3) is 11.8 Å². The normalized spacial score (nSPS) is 15.2. The molecular formula is C26H28N4O2S. The van der Waals surface area contributed by atoms with Gasteiger partial charge in [-0.25, -0.2) is 0 Å². The summed E-state index contributed by atoms with van der Waals surface area (Å²) in [6.07, 6.45) is 9.62. The minimum absolute atomic E-state index is 0.163. The van der Waals surface area contributed by atoms with Crippen molar-refractivity contribution in [2.45, 2.75) is 45.4 Å². The van der Waals surface area contributed by atoms with Crippen LogP contribution in [-0.2, 0) is 12.8 Å². The van der Waals surface area contributed by atoms with Crippen LogP contribution in [0.1, 0.15) is 62.4 Å². The molecule has 6 nitrogen and oxygen atoms in total. The van der Waals surface area contributed by atoms with Gasteiger partial charge in [-0.15, -0.1) is 11.3 Å². The van der Waals surface area contributed by atoms with Gasteiger partial charge in [0.2, 0.25) is 0 Å². The molecule has 1 aliphatic carbocycles. The molecule has 1 saturated heterocycles. The number of pyridine rings is 1. The summed E-state index contributed by atoms with van der Waals surface area (Å²) in [5.74, 6) is -0.411. The van der Waals surface area contributed by atoms with Crippen molar-refractivity contribution in [1.29, 1.82) is 0 Å². The predicted molar refractivity (Wildman–Crippen MR) is 134 cm³/mol. The largest absolute Gasteiger partial charge is 0.371 e. The van der Waals surface area contributed by atoms with Gasteiger partial charge in [0.1, 0.15) is 5.00 Å². The minimum atomic E-state index is -0.249. The van der Waals surface area contributed by atoms with Gasteiger partial charge in [-0.3, -0.25) is 14.6 Å². The Hall–Kier alpha value is -3.19. The highest BCUT2D eigenvalue weighted by Gasteiger charge is 2.27. The number of hydrogen-bond acceptors (Lipinski definition) is 5. The number of anilines is 3. The molecule has 3 heterocycles. The molecule has 7 heteroatoms. The number of nitrogens with one attached hydrogen (secondary N) is 2. The molecule has 0 unspecified atom stereocenters. The topological polar surface area (TPSA) is 74.3 Å². The third-order valence-corrected chi connectivity index (χ3v) is 7.66. The zero-order valence-corrected chi connectivity index (χ0v) is 19.6. The number of amides is 2. The third kappa shape index (κ3) is 4.50. The molecule has 0 bridgehead atoms. The van der Waals surface area contributed by atoms with E-state index in [1.807, 2.05) is 12.1 Å². The standard InChI is InChI=1S/C26H28N4O2S/c1-17-15-19(10-11-21(17)30-13-4-5-14-30)28-25(32)23-20-8-2-3-9-22(20)33-26(23)29-24(31)18-7-6-12-27-16-18/h6-7,10-12,15-16H,2-5,8-9,13-14H2,1H3,(H,28,32)(H,29,31). The molecule has 1 fully saturated rings. The summed E-state index contributed by atoms with van der Waals surface area (Å²) in [7, 11) is 0. The van der Waals surface area contributed by atoms with Crippen molar-refractivity contribution in [2.75, 3.05) is 28.6 Å². The van der Waals surface area contributed by atoms with Gasteiger partial charge >= 0.3 is 0 Å². The van der Waals surface area contributed by atoms with Gasteiger partial charge in [-0.2, -0.15) is 0 Å². The van der Waals surface area contributed by atoms with Crippen LogP contribution in [-0.4, -0.2) is 29.9 Å². The lowest BCUT2D eigenvalue weighted by Gasteiger charge is -2.21. The van der Waals surface area contributed by atoms with Gasteiger partial charge in [-0.1, -0.05) is 0 Å². The summed E-state index contributed by atoms with van der Waals surface area (Å²) >= 11 is 1.53. The molecule has 3 aromatic rings. The summed E-state index contributed by atoms with van der Waals surface area (Å²) in [6.45, 7) is 4.27. The molecule has 0 spiro atoms. The smallest absolute Gasteiger partial charge is 0.258 e. The molecule has 170 valence electrons. The van der Waals surface area contributed by atoms with Crippen LogP contribution in [0.2, 0.25) is 0 Å². The molecule has 2 amide bonds. The van der Waals surface area contributed by atoms with E-state index in [-0.39, 0.29) is 11.8 Å². The number of benzene rings is 1. The van der Waals surface area contributed by atoms with E-state index in [0.717, 1.165) is 55.6 Å². The number of carbonyl (C=O) groups is 2. The first-order valence-corrected chi connectivity index (χ1v) is 12.4. The minimum Gasteiger partial charge on any atom is -0.371 e. The Balaban J connectivity index is 1.40. The average Bonchev–Trinajstić information content (AvgIpc) is 3.47. The molecule has 33 heavy (non-hydrogen) atoms. The zero-order chi connectivity index (χ0) is 22.8. The molecular weight excluding hydrogens is 432 g/mol. The number of fused-ring (bicyclic) bond motifs is 1. The van der Waals surface area contributed by atoms with E-state index in [4.69, 9.17) is 0 Å². The summed E-state index contributed by atoms with van der Waals surface area (Å²) < 4.78 is 0. The number of aryl methyl sites for hydroxylation is 2. The van der Waals surface area contributed by atoms with E-state index in [1.165, 1.54) is 40.9 Å². The van der Waals surface area contributed by atoms with E-state index in [0.29, 0.717) is 16.1 Å². The second-order valence-electron chi connectivity index (χ2n) is 8.76. The van der Waals surface area contributed by atoms with E-state index >= 15 is 0 Å². The van der Waals surface area contributed by atoms with Gasteiger partial charge < -0.3 is 15.5 Å². The maximum Gasteiger partial charge on any atom is 0.258 e. The number of nitrogens with zero attached hydrogens (tertiary/aromatic N) is 2. The first-order valence-electron chi connectivity index (χ1n) is 11.6. The lowest BCUT2D eigenvalue weighted by atomic mass is 9.95. The molecule has 0 atom stereocenters. The third-order valence-electron chi connectivity index (χ3n) is 6.45. The van der Waals surface area contributed by atoms with Gasteiger partial charge in [0.15, 0.2) is 0 Å². The highest BCUT2D eigenvalue weighted by atomic mass is 32.1.